The molecule has 1 unspecified atom stereocenters. The topological polar surface area (TPSA) is 53.1 Å². The predicted molar refractivity (Wildman–Crippen MR) is 79.7 cm³/mol. The van der Waals surface area contributed by atoms with E-state index < -0.39 is 0 Å². The first-order chi connectivity index (χ1) is 9.22. The fourth-order valence-electron chi connectivity index (χ4n) is 2.66. The molecular weight excluding hydrogens is 238 g/mol. The monoisotopic (exact) mass is 263 g/mol. The van der Waals surface area contributed by atoms with Crippen LogP contribution in [-0.4, -0.2) is 47.1 Å². The number of rotatable bonds is 6. The zero-order valence-electron chi connectivity index (χ0n) is 12.2. The van der Waals surface area contributed by atoms with Gasteiger partial charge in [0.1, 0.15) is 5.82 Å². The van der Waals surface area contributed by atoms with E-state index in [4.69, 9.17) is 0 Å². The van der Waals surface area contributed by atoms with E-state index in [1.165, 1.54) is 19.4 Å². The van der Waals surface area contributed by atoms with Gasteiger partial charge in [0.15, 0.2) is 0 Å². The van der Waals surface area contributed by atoms with Crippen LogP contribution in [0.1, 0.15) is 32.4 Å². The Kier molecular flexibility index (Phi) is 4.96. The Morgan fingerprint density at radius 1 is 1.32 bits per heavy atom. The summed E-state index contributed by atoms with van der Waals surface area (Å²) in [4.78, 5) is 11.4. The van der Waals surface area contributed by atoms with Crippen LogP contribution in [0.5, 0.6) is 0 Å². The van der Waals surface area contributed by atoms with E-state index >= 15 is 0 Å². The molecular formula is C14H25N5. The van der Waals surface area contributed by atoms with Crippen LogP contribution >= 0.6 is 0 Å². The van der Waals surface area contributed by atoms with Crippen molar-refractivity contribution in [1.82, 2.24) is 14.9 Å². The summed E-state index contributed by atoms with van der Waals surface area (Å²) >= 11 is 0. The van der Waals surface area contributed by atoms with Crippen LogP contribution < -0.4 is 10.6 Å². The number of aromatic nitrogens is 2. The minimum Gasteiger partial charge on any atom is -0.368 e. The SMILES string of the molecule is CCNc1nc(C)cc(NCC2CCCN2CC)n1. The number of hydrogen-bond acceptors (Lipinski definition) is 5. The molecule has 1 saturated heterocycles. The molecule has 0 aromatic carbocycles. The zero-order valence-corrected chi connectivity index (χ0v) is 12.2. The maximum absolute atomic E-state index is 4.48. The maximum atomic E-state index is 4.48. The highest BCUT2D eigenvalue weighted by Crippen LogP contribution is 2.17. The van der Waals surface area contributed by atoms with Crippen LogP contribution in [0.2, 0.25) is 0 Å². The molecule has 0 bridgehead atoms. The molecule has 0 radical (unpaired) electrons. The van der Waals surface area contributed by atoms with Gasteiger partial charge >= 0.3 is 0 Å². The molecule has 0 aliphatic carbocycles. The first-order valence-electron chi connectivity index (χ1n) is 7.30. The Labute approximate surface area is 115 Å². The summed E-state index contributed by atoms with van der Waals surface area (Å²) in [5, 5.41) is 6.62. The molecule has 0 spiro atoms. The van der Waals surface area contributed by atoms with Gasteiger partial charge in [-0.1, -0.05) is 6.92 Å². The fourth-order valence-corrected chi connectivity index (χ4v) is 2.66. The Morgan fingerprint density at radius 3 is 2.89 bits per heavy atom. The van der Waals surface area contributed by atoms with Crippen molar-refractivity contribution in [2.75, 3.05) is 36.8 Å². The number of anilines is 2. The average molecular weight is 263 g/mol. The summed E-state index contributed by atoms with van der Waals surface area (Å²) in [5.74, 6) is 1.63. The molecule has 0 amide bonds. The minimum atomic E-state index is 0.642. The third-order valence-electron chi connectivity index (χ3n) is 3.61. The van der Waals surface area contributed by atoms with Gasteiger partial charge in [0.05, 0.1) is 0 Å². The second kappa shape index (κ2) is 6.70. The van der Waals surface area contributed by atoms with Crippen molar-refractivity contribution in [3.8, 4) is 0 Å². The summed E-state index contributed by atoms with van der Waals surface area (Å²) in [6.07, 6.45) is 2.59. The van der Waals surface area contributed by atoms with Crippen LogP contribution in [-0.2, 0) is 0 Å². The molecule has 1 atom stereocenters. The summed E-state index contributed by atoms with van der Waals surface area (Å²) in [5.41, 5.74) is 0.993. The fraction of sp³-hybridized carbons (Fsp3) is 0.714. The molecule has 0 saturated carbocycles. The second-order valence-electron chi connectivity index (χ2n) is 5.05. The largest absolute Gasteiger partial charge is 0.368 e. The van der Waals surface area contributed by atoms with Crippen molar-refractivity contribution >= 4 is 11.8 Å². The molecule has 106 valence electrons. The lowest BCUT2D eigenvalue weighted by Crippen LogP contribution is -2.34. The first-order valence-corrected chi connectivity index (χ1v) is 7.30. The maximum Gasteiger partial charge on any atom is 0.224 e. The summed E-state index contributed by atoms with van der Waals surface area (Å²) < 4.78 is 0. The number of aryl methyl sites for hydroxylation is 1. The van der Waals surface area contributed by atoms with E-state index in [1.807, 2.05) is 13.0 Å². The van der Waals surface area contributed by atoms with Crippen molar-refractivity contribution in [3.63, 3.8) is 0 Å². The Balaban J connectivity index is 1.95. The highest BCUT2D eigenvalue weighted by Gasteiger charge is 2.22. The Morgan fingerprint density at radius 2 is 2.16 bits per heavy atom. The van der Waals surface area contributed by atoms with E-state index in [9.17, 15) is 0 Å². The second-order valence-corrected chi connectivity index (χ2v) is 5.05. The lowest BCUT2D eigenvalue weighted by atomic mass is 10.2. The normalized spacial score (nSPS) is 19.6. The lowest BCUT2D eigenvalue weighted by Gasteiger charge is -2.23. The van der Waals surface area contributed by atoms with Gasteiger partial charge in [-0.05, 0) is 39.8 Å². The van der Waals surface area contributed by atoms with Gasteiger partial charge in [-0.15, -0.1) is 0 Å². The highest BCUT2D eigenvalue weighted by molar-refractivity contribution is 5.42. The molecule has 1 aliphatic heterocycles. The molecule has 1 aromatic rings. The van der Waals surface area contributed by atoms with Crippen LogP contribution in [0, 0.1) is 6.92 Å². The molecule has 5 nitrogen and oxygen atoms in total. The highest BCUT2D eigenvalue weighted by atomic mass is 15.2. The van der Waals surface area contributed by atoms with Crippen LogP contribution in [0.3, 0.4) is 0 Å². The molecule has 19 heavy (non-hydrogen) atoms. The standard InChI is InChI=1S/C14H25N5/c1-4-15-14-17-11(3)9-13(18-14)16-10-12-7-6-8-19(12)5-2/h9,12H,4-8,10H2,1-3H3,(H2,15,16,17,18). The van der Waals surface area contributed by atoms with Crippen LogP contribution in [0.25, 0.3) is 0 Å². The zero-order chi connectivity index (χ0) is 13.7. The van der Waals surface area contributed by atoms with E-state index in [0.29, 0.717) is 12.0 Å². The number of nitrogens with zero attached hydrogens (tertiary/aromatic N) is 3. The summed E-state index contributed by atoms with van der Waals surface area (Å²) in [6.45, 7) is 10.5. The molecule has 5 heteroatoms. The average Bonchev–Trinajstić information content (AvgIpc) is 2.83. The summed E-state index contributed by atoms with van der Waals surface area (Å²) in [7, 11) is 0. The van der Waals surface area contributed by atoms with Gasteiger partial charge in [-0.3, -0.25) is 4.90 Å². The smallest absolute Gasteiger partial charge is 0.224 e. The van der Waals surface area contributed by atoms with Gasteiger partial charge in [-0.25, -0.2) is 4.98 Å². The third-order valence-corrected chi connectivity index (χ3v) is 3.61. The number of likely N-dealkylation sites (N-methyl/N-ethyl adjacent to an activating group) is 1. The molecule has 2 heterocycles. The van der Waals surface area contributed by atoms with E-state index in [-0.39, 0.29) is 0 Å². The lowest BCUT2D eigenvalue weighted by molar-refractivity contribution is 0.277. The number of nitrogens with one attached hydrogen (secondary N) is 2. The van der Waals surface area contributed by atoms with E-state index in [0.717, 1.165) is 31.1 Å². The van der Waals surface area contributed by atoms with Gasteiger partial charge < -0.3 is 10.6 Å². The summed E-state index contributed by atoms with van der Waals surface area (Å²) in [6, 6.07) is 2.65. The molecule has 1 fully saturated rings. The number of likely N-dealkylation sites (tertiary alicyclic amines) is 1. The quantitative estimate of drug-likeness (QED) is 0.823. The van der Waals surface area contributed by atoms with Gasteiger partial charge in [0.2, 0.25) is 5.95 Å². The van der Waals surface area contributed by atoms with Crippen molar-refractivity contribution in [3.05, 3.63) is 11.8 Å². The van der Waals surface area contributed by atoms with Crippen LogP contribution in [0.4, 0.5) is 11.8 Å². The van der Waals surface area contributed by atoms with Crippen LogP contribution in [0.15, 0.2) is 6.07 Å². The van der Waals surface area contributed by atoms with Crippen molar-refractivity contribution in [2.24, 2.45) is 0 Å². The Hall–Kier alpha value is -1.36. The third kappa shape index (κ3) is 3.80. The molecule has 1 aromatic heterocycles. The first kappa shape index (κ1) is 14.1. The van der Waals surface area contributed by atoms with Crippen molar-refractivity contribution < 1.29 is 0 Å². The molecule has 2 N–H and O–H groups in total. The van der Waals surface area contributed by atoms with Crippen molar-refractivity contribution in [2.45, 2.75) is 39.7 Å². The van der Waals surface area contributed by atoms with Gasteiger partial charge in [0.25, 0.3) is 0 Å². The number of hydrogen-bond donors (Lipinski definition) is 2. The van der Waals surface area contributed by atoms with Gasteiger partial charge in [-0.2, -0.15) is 4.98 Å². The van der Waals surface area contributed by atoms with E-state index in [2.05, 4.69) is 39.3 Å². The minimum absolute atomic E-state index is 0.642. The Bertz CT molecular complexity index is 407. The van der Waals surface area contributed by atoms with E-state index in [1.54, 1.807) is 0 Å². The van der Waals surface area contributed by atoms with Gasteiger partial charge in [0, 0.05) is 30.9 Å². The van der Waals surface area contributed by atoms with Crippen molar-refractivity contribution in [1.29, 1.82) is 0 Å². The molecule has 1 aliphatic rings. The predicted octanol–water partition coefficient (Wildman–Crippen LogP) is 2.11. The molecule has 2 rings (SSSR count).